The van der Waals surface area contributed by atoms with Crippen molar-refractivity contribution in [1.82, 2.24) is 15.2 Å². The topological polar surface area (TPSA) is 68.2 Å². The molecule has 2 N–H and O–H groups in total. The minimum Gasteiger partial charge on any atom is -0.507 e. The van der Waals surface area contributed by atoms with E-state index in [2.05, 4.69) is 20.3 Å². The van der Waals surface area contributed by atoms with Gasteiger partial charge in [0.25, 0.3) is 5.91 Å². The molecule has 2 aromatic carbocycles. The Morgan fingerprint density at radius 1 is 1.07 bits per heavy atom. The van der Waals surface area contributed by atoms with Crippen LogP contribution in [0, 0.1) is 0 Å². The van der Waals surface area contributed by atoms with E-state index in [1.807, 2.05) is 30.3 Å². The van der Waals surface area contributed by atoms with Gasteiger partial charge in [0.05, 0.1) is 12.3 Å². The SMILES string of the molecule is C/C(=N\NC(=O)CN1CCN(Cc2ccccc2Cl)CC1)c1ccccc1O. The Hall–Kier alpha value is -2.41. The number of hydrogen-bond donors (Lipinski definition) is 2. The van der Waals surface area contributed by atoms with E-state index in [1.165, 1.54) is 0 Å². The number of phenolic OH excluding ortho intramolecular Hbond substituents is 1. The Balaban J connectivity index is 1.44. The molecule has 0 aliphatic carbocycles. The molecular weight excluding hydrogens is 376 g/mol. The van der Waals surface area contributed by atoms with Gasteiger partial charge in [-0.2, -0.15) is 5.10 Å². The first-order valence-corrected chi connectivity index (χ1v) is 9.70. The summed E-state index contributed by atoms with van der Waals surface area (Å²) < 4.78 is 0. The third-order valence-electron chi connectivity index (χ3n) is 4.83. The van der Waals surface area contributed by atoms with Crippen molar-refractivity contribution in [3.63, 3.8) is 0 Å². The highest BCUT2D eigenvalue weighted by atomic mass is 35.5. The second kappa shape index (κ2) is 9.68. The van der Waals surface area contributed by atoms with Crippen LogP contribution in [-0.2, 0) is 11.3 Å². The van der Waals surface area contributed by atoms with Gasteiger partial charge in [-0.3, -0.25) is 14.6 Å². The van der Waals surface area contributed by atoms with E-state index in [4.69, 9.17) is 11.6 Å². The zero-order valence-corrected chi connectivity index (χ0v) is 16.7. The van der Waals surface area contributed by atoms with E-state index in [1.54, 1.807) is 25.1 Å². The Kier molecular flexibility index (Phi) is 7.03. The fraction of sp³-hybridized carbons (Fsp3) is 0.333. The lowest BCUT2D eigenvalue weighted by Crippen LogP contribution is -2.48. The maximum Gasteiger partial charge on any atom is 0.254 e. The number of hydrogen-bond acceptors (Lipinski definition) is 5. The number of halogens is 1. The Morgan fingerprint density at radius 2 is 1.71 bits per heavy atom. The van der Waals surface area contributed by atoms with Gasteiger partial charge in [-0.1, -0.05) is 41.9 Å². The third kappa shape index (κ3) is 5.55. The van der Waals surface area contributed by atoms with Gasteiger partial charge < -0.3 is 5.11 Å². The predicted octanol–water partition coefficient (Wildman–Crippen LogP) is 2.70. The van der Waals surface area contributed by atoms with E-state index in [0.717, 1.165) is 43.3 Å². The molecule has 6 nitrogen and oxygen atoms in total. The molecule has 1 fully saturated rings. The van der Waals surface area contributed by atoms with Gasteiger partial charge in [0.2, 0.25) is 0 Å². The molecule has 0 bridgehead atoms. The first-order valence-electron chi connectivity index (χ1n) is 9.32. The summed E-state index contributed by atoms with van der Waals surface area (Å²) in [5.41, 5.74) is 4.88. The summed E-state index contributed by atoms with van der Waals surface area (Å²) in [5.74, 6) is -0.0121. The van der Waals surface area contributed by atoms with E-state index < -0.39 is 0 Å². The van der Waals surface area contributed by atoms with Gasteiger partial charge in [-0.05, 0) is 30.7 Å². The first kappa shape index (κ1) is 20.3. The van der Waals surface area contributed by atoms with Crippen molar-refractivity contribution in [2.75, 3.05) is 32.7 Å². The van der Waals surface area contributed by atoms with Crippen molar-refractivity contribution < 1.29 is 9.90 Å². The number of aromatic hydroxyl groups is 1. The van der Waals surface area contributed by atoms with E-state index in [-0.39, 0.29) is 11.7 Å². The summed E-state index contributed by atoms with van der Waals surface area (Å²) in [6, 6.07) is 14.8. The van der Waals surface area contributed by atoms with E-state index >= 15 is 0 Å². The van der Waals surface area contributed by atoms with Gasteiger partial charge in [-0.15, -0.1) is 0 Å². The van der Waals surface area contributed by atoms with Crippen LogP contribution in [-0.4, -0.2) is 59.2 Å². The van der Waals surface area contributed by atoms with Crippen molar-refractivity contribution in [3.8, 4) is 5.75 Å². The number of rotatable bonds is 6. The average Bonchev–Trinajstić information content (AvgIpc) is 2.70. The molecule has 28 heavy (non-hydrogen) atoms. The standard InChI is InChI=1S/C21H25ClN4O2/c1-16(18-7-3-5-9-20(18)27)23-24-21(28)15-26-12-10-25(11-13-26)14-17-6-2-4-8-19(17)22/h2-9,27H,10-15H2,1H3,(H,24,28)/b23-16+. The molecule has 3 rings (SSSR count). The molecule has 0 unspecified atom stereocenters. The second-order valence-corrected chi connectivity index (χ2v) is 7.30. The number of piperazine rings is 1. The van der Waals surface area contributed by atoms with Crippen LogP contribution in [0.2, 0.25) is 5.02 Å². The zero-order chi connectivity index (χ0) is 19.9. The summed E-state index contributed by atoms with van der Waals surface area (Å²) in [7, 11) is 0. The third-order valence-corrected chi connectivity index (χ3v) is 5.19. The lowest BCUT2D eigenvalue weighted by molar-refractivity contribution is -0.122. The van der Waals surface area contributed by atoms with Gasteiger partial charge in [0.15, 0.2) is 0 Å². The molecular formula is C21H25ClN4O2. The number of hydrazone groups is 1. The minimum absolute atomic E-state index is 0.146. The summed E-state index contributed by atoms with van der Waals surface area (Å²) in [6.07, 6.45) is 0. The highest BCUT2D eigenvalue weighted by molar-refractivity contribution is 6.31. The molecule has 1 saturated heterocycles. The normalized spacial score (nSPS) is 16.1. The van der Waals surface area contributed by atoms with Crippen molar-refractivity contribution in [1.29, 1.82) is 0 Å². The summed E-state index contributed by atoms with van der Waals surface area (Å²) >= 11 is 6.24. The maximum absolute atomic E-state index is 12.2. The highest BCUT2D eigenvalue weighted by Crippen LogP contribution is 2.18. The van der Waals surface area contributed by atoms with Gasteiger partial charge in [-0.25, -0.2) is 5.43 Å². The van der Waals surface area contributed by atoms with Crippen LogP contribution < -0.4 is 5.43 Å². The van der Waals surface area contributed by atoms with Crippen LogP contribution in [0.3, 0.4) is 0 Å². The molecule has 1 amide bonds. The summed E-state index contributed by atoms with van der Waals surface area (Å²) in [6.45, 7) is 6.29. The molecule has 148 valence electrons. The molecule has 1 aliphatic heterocycles. The molecule has 0 saturated carbocycles. The van der Waals surface area contributed by atoms with E-state index in [0.29, 0.717) is 17.8 Å². The van der Waals surface area contributed by atoms with E-state index in [9.17, 15) is 9.90 Å². The molecule has 1 heterocycles. The number of carbonyl (C=O) groups is 1. The second-order valence-electron chi connectivity index (χ2n) is 6.89. The molecule has 0 aromatic heterocycles. The molecule has 2 aromatic rings. The molecule has 7 heteroatoms. The van der Waals surface area contributed by atoms with Crippen LogP contribution in [0.4, 0.5) is 0 Å². The average molecular weight is 401 g/mol. The fourth-order valence-corrected chi connectivity index (χ4v) is 3.39. The largest absolute Gasteiger partial charge is 0.507 e. The van der Waals surface area contributed by atoms with Crippen molar-refractivity contribution in [2.45, 2.75) is 13.5 Å². The lowest BCUT2D eigenvalue weighted by Gasteiger charge is -2.34. The molecule has 1 aliphatic rings. The Labute approximate surface area is 170 Å². The lowest BCUT2D eigenvalue weighted by atomic mass is 10.1. The first-order chi connectivity index (χ1) is 13.5. The summed E-state index contributed by atoms with van der Waals surface area (Å²) in [4.78, 5) is 16.7. The highest BCUT2D eigenvalue weighted by Gasteiger charge is 2.19. The van der Waals surface area contributed by atoms with Crippen molar-refractivity contribution in [3.05, 3.63) is 64.7 Å². The number of amides is 1. The number of benzene rings is 2. The molecule has 0 radical (unpaired) electrons. The fourth-order valence-electron chi connectivity index (χ4n) is 3.20. The number of nitrogens with zero attached hydrogens (tertiary/aromatic N) is 3. The molecule has 0 spiro atoms. The van der Waals surface area contributed by atoms with Gasteiger partial charge in [0, 0.05) is 43.3 Å². The van der Waals surface area contributed by atoms with Crippen LogP contribution in [0.15, 0.2) is 53.6 Å². The van der Waals surface area contributed by atoms with Crippen LogP contribution >= 0.6 is 11.6 Å². The predicted molar refractivity (Wildman–Crippen MR) is 112 cm³/mol. The van der Waals surface area contributed by atoms with Gasteiger partial charge in [0.1, 0.15) is 5.75 Å². The molecule has 0 atom stereocenters. The smallest absolute Gasteiger partial charge is 0.254 e. The van der Waals surface area contributed by atoms with Crippen LogP contribution in [0.5, 0.6) is 5.75 Å². The Bertz CT molecular complexity index is 848. The van der Waals surface area contributed by atoms with Crippen LogP contribution in [0.1, 0.15) is 18.1 Å². The number of carbonyl (C=O) groups excluding carboxylic acids is 1. The van der Waals surface area contributed by atoms with Crippen molar-refractivity contribution >= 4 is 23.2 Å². The van der Waals surface area contributed by atoms with Gasteiger partial charge >= 0.3 is 0 Å². The number of phenols is 1. The number of para-hydroxylation sites is 1. The zero-order valence-electron chi connectivity index (χ0n) is 15.9. The Morgan fingerprint density at radius 3 is 2.43 bits per heavy atom. The monoisotopic (exact) mass is 400 g/mol. The number of nitrogens with one attached hydrogen (secondary N) is 1. The quantitative estimate of drug-likeness (QED) is 0.578. The summed E-state index contributed by atoms with van der Waals surface area (Å²) in [5, 5.41) is 14.7. The maximum atomic E-state index is 12.2. The minimum atomic E-state index is -0.158. The van der Waals surface area contributed by atoms with Crippen molar-refractivity contribution in [2.24, 2.45) is 5.10 Å². The van der Waals surface area contributed by atoms with Crippen LogP contribution in [0.25, 0.3) is 0 Å².